The number of nitrogens with one attached hydrogen (secondary N) is 1. The standard InChI is InChI=1S/C16H26N6O2/c1-12-10-13(2)22(20-12)7-5-6-15(23)18-14(3)16-19-17-11-21(16)8-9-24-4/h10-11,14H,5-9H2,1-4H3,(H,18,23). The Labute approximate surface area is 142 Å². The number of amides is 1. The average Bonchev–Trinajstić information content (AvgIpc) is 3.11. The van der Waals surface area contributed by atoms with Crippen LogP contribution in [0.25, 0.3) is 0 Å². The van der Waals surface area contributed by atoms with Gasteiger partial charge >= 0.3 is 0 Å². The minimum Gasteiger partial charge on any atom is -0.383 e. The van der Waals surface area contributed by atoms with Crippen molar-refractivity contribution in [2.75, 3.05) is 13.7 Å². The van der Waals surface area contributed by atoms with Gasteiger partial charge in [-0.05, 0) is 33.3 Å². The lowest BCUT2D eigenvalue weighted by Crippen LogP contribution is -2.29. The lowest BCUT2D eigenvalue weighted by atomic mass is 10.2. The summed E-state index contributed by atoms with van der Waals surface area (Å²) in [5.41, 5.74) is 2.12. The van der Waals surface area contributed by atoms with Gasteiger partial charge in [0.15, 0.2) is 5.82 Å². The Bertz CT molecular complexity index is 663. The van der Waals surface area contributed by atoms with E-state index in [9.17, 15) is 4.79 Å². The summed E-state index contributed by atoms with van der Waals surface area (Å²) in [7, 11) is 1.65. The second-order valence-corrected chi connectivity index (χ2v) is 5.92. The number of carbonyl (C=O) groups is 1. The molecule has 1 N–H and O–H groups in total. The summed E-state index contributed by atoms with van der Waals surface area (Å²) in [5, 5.41) is 15.4. The van der Waals surface area contributed by atoms with Gasteiger partial charge in [-0.25, -0.2) is 0 Å². The SMILES string of the molecule is COCCn1cnnc1C(C)NC(=O)CCCn1nc(C)cc1C. The fraction of sp³-hybridized carbons (Fsp3) is 0.625. The first-order valence-corrected chi connectivity index (χ1v) is 8.18. The molecule has 2 aromatic heterocycles. The molecule has 0 aliphatic rings. The topological polar surface area (TPSA) is 86.9 Å². The third kappa shape index (κ3) is 4.89. The molecule has 2 rings (SSSR count). The third-order valence-corrected chi connectivity index (χ3v) is 3.82. The van der Waals surface area contributed by atoms with Crippen molar-refractivity contribution in [1.82, 2.24) is 29.9 Å². The van der Waals surface area contributed by atoms with Gasteiger partial charge in [-0.15, -0.1) is 10.2 Å². The summed E-state index contributed by atoms with van der Waals surface area (Å²) in [4.78, 5) is 12.1. The molecular formula is C16H26N6O2. The van der Waals surface area contributed by atoms with E-state index in [2.05, 4.69) is 20.6 Å². The van der Waals surface area contributed by atoms with Crippen LogP contribution in [0.5, 0.6) is 0 Å². The Kier molecular flexibility index (Phi) is 6.48. The smallest absolute Gasteiger partial charge is 0.220 e. The van der Waals surface area contributed by atoms with E-state index in [1.54, 1.807) is 13.4 Å². The molecule has 0 saturated heterocycles. The van der Waals surface area contributed by atoms with Crippen molar-refractivity contribution in [3.05, 3.63) is 29.6 Å². The molecule has 0 aliphatic heterocycles. The highest BCUT2D eigenvalue weighted by Gasteiger charge is 2.15. The van der Waals surface area contributed by atoms with Crippen LogP contribution in [0, 0.1) is 13.8 Å². The molecule has 8 heteroatoms. The summed E-state index contributed by atoms with van der Waals surface area (Å²) in [6.45, 7) is 7.88. The van der Waals surface area contributed by atoms with E-state index in [0.717, 1.165) is 30.2 Å². The molecule has 1 atom stereocenters. The molecule has 0 aliphatic carbocycles. The molecule has 2 heterocycles. The number of nitrogens with zero attached hydrogens (tertiary/aromatic N) is 5. The van der Waals surface area contributed by atoms with Crippen LogP contribution in [0.15, 0.2) is 12.4 Å². The van der Waals surface area contributed by atoms with E-state index in [1.807, 2.05) is 36.1 Å². The van der Waals surface area contributed by atoms with Gasteiger partial charge in [0.05, 0.1) is 18.3 Å². The van der Waals surface area contributed by atoms with Gasteiger partial charge in [-0.1, -0.05) is 0 Å². The molecule has 0 saturated carbocycles. The Morgan fingerprint density at radius 2 is 2.17 bits per heavy atom. The van der Waals surface area contributed by atoms with Gasteiger partial charge in [0.2, 0.25) is 5.91 Å². The van der Waals surface area contributed by atoms with Crippen LogP contribution in [-0.4, -0.2) is 44.2 Å². The summed E-state index contributed by atoms with van der Waals surface area (Å²) < 4.78 is 8.90. The zero-order chi connectivity index (χ0) is 17.5. The highest BCUT2D eigenvalue weighted by Crippen LogP contribution is 2.10. The Hall–Kier alpha value is -2.22. The zero-order valence-corrected chi connectivity index (χ0v) is 14.8. The number of rotatable bonds is 9. The monoisotopic (exact) mass is 334 g/mol. The number of carbonyl (C=O) groups excluding carboxylic acids is 1. The fourth-order valence-corrected chi connectivity index (χ4v) is 2.63. The minimum atomic E-state index is -0.189. The van der Waals surface area contributed by atoms with Crippen molar-refractivity contribution in [2.24, 2.45) is 0 Å². The molecule has 24 heavy (non-hydrogen) atoms. The summed E-state index contributed by atoms with van der Waals surface area (Å²) in [6.07, 6.45) is 2.85. The van der Waals surface area contributed by atoms with Crippen molar-refractivity contribution in [2.45, 2.75) is 52.7 Å². The number of hydrogen-bond acceptors (Lipinski definition) is 5. The normalized spacial score (nSPS) is 12.3. The molecule has 0 spiro atoms. The van der Waals surface area contributed by atoms with Crippen molar-refractivity contribution in [3.63, 3.8) is 0 Å². The molecule has 0 fully saturated rings. The lowest BCUT2D eigenvalue weighted by Gasteiger charge is -2.14. The van der Waals surface area contributed by atoms with Gasteiger partial charge in [0.25, 0.3) is 0 Å². The predicted octanol–water partition coefficient (Wildman–Crippen LogP) is 1.40. The maximum atomic E-state index is 12.1. The second-order valence-electron chi connectivity index (χ2n) is 5.92. The largest absolute Gasteiger partial charge is 0.383 e. The lowest BCUT2D eigenvalue weighted by molar-refractivity contribution is -0.121. The van der Waals surface area contributed by atoms with E-state index in [4.69, 9.17) is 4.74 Å². The van der Waals surface area contributed by atoms with Gasteiger partial charge in [0.1, 0.15) is 6.33 Å². The molecule has 1 unspecified atom stereocenters. The minimum absolute atomic E-state index is 0.00493. The molecule has 0 aromatic carbocycles. The van der Waals surface area contributed by atoms with E-state index >= 15 is 0 Å². The Balaban J connectivity index is 1.79. The van der Waals surface area contributed by atoms with Crippen LogP contribution >= 0.6 is 0 Å². The van der Waals surface area contributed by atoms with Gasteiger partial charge in [-0.2, -0.15) is 5.10 Å². The first-order chi connectivity index (χ1) is 11.5. The van der Waals surface area contributed by atoms with Crippen LogP contribution in [0.4, 0.5) is 0 Å². The van der Waals surface area contributed by atoms with E-state index in [1.165, 1.54) is 0 Å². The van der Waals surface area contributed by atoms with Crippen LogP contribution in [-0.2, 0) is 22.6 Å². The maximum absolute atomic E-state index is 12.1. The van der Waals surface area contributed by atoms with Crippen LogP contribution in [0.3, 0.4) is 0 Å². The van der Waals surface area contributed by atoms with Crippen molar-refractivity contribution in [1.29, 1.82) is 0 Å². The zero-order valence-electron chi connectivity index (χ0n) is 14.8. The highest BCUT2D eigenvalue weighted by atomic mass is 16.5. The van der Waals surface area contributed by atoms with Gasteiger partial charge in [0, 0.05) is 32.3 Å². The number of aryl methyl sites for hydroxylation is 3. The molecule has 2 aromatic rings. The molecular weight excluding hydrogens is 308 g/mol. The predicted molar refractivity (Wildman–Crippen MR) is 89.4 cm³/mol. The highest BCUT2D eigenvalue weighted by molar-refractivity contribution is 5.76. The Morgan fingerprint density at radius 3 is 2.83 bits per heavy atom. The number of ether oxygens (including phenoxy) is 1. The molecule has 132 valence electrons. The van der Waals surface area contributed by atoms with Crippen LogP contribution < -0.4 is 5.32 Å². The van der Waals surface area contributed by atoms with Gasteiger partial charge in [-0.3, -0.25) is 9.48 Å². The van der Waals surface area contributed by atoms with Crippen molar-refractivity contribution in [3.8, 4) is 0 Å². The average molecular weight is 334 g/mol. The Morgan fingerprint density at radius 1 is 1.38 bits per heavy atom. The fourth-order valence-electron chi connectivity index (χ4n) is 2.63. The summed E-state index contributed by atoms with van der Waals surface area (Å²) in [6, 6.07) is 1.85. The summed E-state index contributed by atoms with van der Waals surface area (Å²) in [5.74, 6) is 0.740. The van der Waals surface area contributed by atoms with E-state index in [0.29, 0.717) is 19.6 Å². The van der Waals surface area contributed by atoms with Crippen LogP contribution in [0.2, 0.25) is 0 Å². The van der Waals surface area contributed by atoms with E-state index in [-0.39, 0.29) is 11.9 Å². The number of methoxy groups -OCH3 is 1. The molecule has 1 amide bonds. The third-order valence-electron chi connectivity index (χ3n) is 3.82. The number of hydrogen-bond donors (Lipinski definition) is 1. The number of aromatic nitrogens is 5. The van der Waals surface area contributed by atoms with Crippen molar-refractivity contribution >= 4 is 5.91 Å². The summed E-state index contributed by atoms with van der Waals surface area (Å²) >= 11 is 0. The molecule has 8 nitrogen and oxygen atoms in total. The van der Waals surface area contributed by atoms with Crippen LogP contribution in [0.1, 0.15) is 43.0 Å². The first kappa shape index (κ1) is 18.1. The molecule has 0 radical (unpaired) electrons. The maximum Gasteiger partial charge on any atom is 0.220 e. The quantitative estimate of drug-likeness (QED) is 0.749. The van der Waals surface area contributed by atoms with E-state index < -0.39 is 0 Å². The van der Waals surface area contributed by atoms with Crippen molar-refractivity contribution < 1.29 is 9.53 Å². The van der Waals surface area contributed by atoms with Gasteiger partial charge < -0.3 is 14.6 Å². The second kappa shape index (κ2) is 8.58. The molecule has 0 bridgehead atoms. The first-order valence-electron chi connectivity index (χ1n) is 8.18.